The lowest BCUT2D eigenvalue weighted by atomic mass is 9.92. The average Bonchev–Trinajstić information content (AvgIpc) is 3.17. The number of carbonyl (C=O) groups excluding carboxylic acids is 2. The van der Waals surface area contributed by atoms with E-state index in [1.54, 1.807) is 16.8 Å². The smallest absolute Gasteiger partial charge is 0.339 e. The van der Waals surface area contributed by atoms with Crippen LogP contribution in [0.15, 0.2) is 48.5 Å². The van der Waals surface area contributed by atoms with Gasteiger partial charge >= 0.3 is 12.0 Å². The molecule has 168 valence electrons. The van der Waals surface area contributed by atoms with Gasteiger partial charge in [0.2, 0.25) is 0 Å². The first-order valence-electron chi connectivity index (χ1n) is 9.86. The summed E-state index contributed by atoms with van der Waals surface area (Å²) in [5.41, 5.74) is 2.99. The van der Waals surface area contributed by atoms with E-state index in [2.05, 4.69) is 36.1 Å². The van der Waals surface area contributed by atoms with Crippen LogP contribution in [-0.2, 0) is 16.7 Å². The molecule has 0 spiro atoms. The second kappa shape index (κ2) is 9.63. The van der Waals surface area contributed by atoms with Gasteiger partial charge in [0.15, 0.2) is 0 Å². The Morgan fingerprint density at radius 2 is 1.84 bits per heavy atom. The van der Waals surface area contributed by atoms with Gasteiger partial charge in [-0.2, -0.15) is 5.10 Å². The van der Waals surface area contributed by atoms with Crippen LogP contribution in [0.2, 0.25) is 10.0 Å². The topological polar surface area (TPSA) is 85.2 Å². The molecular weight excluding hydrogens is 451 g/mol. The minimum atomic E-state index is -0.546. The molecule has 0 fully saturated rings. The van der Waals surface area contributed by atoms with Crippen LogP contribution in [0.3, 0.4) is 0 Å². The van der Waals surface area contributed by atoms with Gasteiger partial charge in [0.05, 0.1) is 41.3 Å². The standard InChI is InChI=1S/C23H24Cl2N4O3/c1-23(2,3)20-12-17(29(28-20)16-7-5-6-14(24)10-16)13-26-22(31)27-15-8-9-18(19(25)11-15)21(30)32-4/h5-12H,13H2,1-4H3,(H2,26,27,31). The van der Waals surface area contributed by atoms with E-state index in [-0.39, 0.29) is 22.5 Å². The third kappa shape index (κ3) is 5.60. The molecule has 0 atom stereocenters. The van der Waals surface area contributed by atoms with Crippen LogP contribution in [0.25, 0.3) is 5.69 Å². The summed E-state index contributed by atoms with van der Waals surface area (Å²) in [5.74, 6) is -0.546. The molecule has 0 radical (unpaired) electrons. The Morgan fingerprint density at radius 3 is 2.47 bits per heavy atom. The molecule has 2 aromatic carbocycles. The van der Waals surface area contributed by atoms with Crippen molar-refractivity contribution >= 4 is 40.9 Å². The zero-order chi connectivity index (χ0) is 23.5. The Hall–Kier alpha value is -3.03. The predicted octanol–water partition coefficient (Wildman–Crippen LogP) is 5.58. The molecule has 2 N–H and O–H groups in total. The molecule has 1 heterocycles. The molecule has 0 bridgehead atoms. The Balaban J connectivity index is 1.76. The SMILES string of the molecule is COC(=O)c1ccc(NC(=O)NCc2cc(C(C)(C)C)nn2-c2cccc(Cl)c2)cc1Cl. The minimum Gasteiger partial charge on any atom is -0.465 e. The molecule has 7 nitrogen and oxygen atoms in total. The molecule has 0 saturated carbocycles. The van der Waals surface area contributed by atoms with Crippen LogP contribution in [-0.4, -0.2) is 28.9 Å². The van der Waals surface area contributed by atoms with E-state index in [4.69, 9.17) is 28.3 Å². The average molecular weight is 475 g/mol. The second-order valence-corrected chi connectivity index (χ2v) is 9.00. The fourth-order valence-electron chi connectivity index (χ4n) is 2.96. The second-order valence-electron chi connectivity index (χ2n) is 8.16. The number of esters is 1. The van der Waals surface area contributed by atoms with Gasteiger partial charge in [-0.1, -0.05) is 50.0 Å². The van der Waals surface area contributed by atoms with Gasteiger partial charge in [-0.25, -0.2) is 14.3 Å². The summed E-state index contributed by atoms with van der Waals surface area (Å²) in [5, 5.41) is 11.0. The number of urea groups is 1. The van der Waals surface area contributed by atoms with E-state index in [0.29, 0.717) is 10.7 Å². The van der Waals surface area contributed by atoms with E-state index >= 15 is 0 Å². The van der Waals surface area contributed by atoms with Crippen molar-refractivity contribution in [1.29, 1.82) is 0 Å². The summed E-state index contributed by atoms with van der Waals surface area (Å²) in [7, 11) is 1.28. The third-order valence-electron chi connectivity index (χ3n) is 4.67. The number of hydrogen-bond acceptors (Lipinski definition) is 4. The van der Waals surface area contributed by atoms with E-state index in [1.807, 2.05) is 24.3 Å². The minimum absolute atomic E-state index is 0.168. The van der Waals surface area contributed by atoms with Crippen molar-refractivity contribution < 1.29 is 14.3 Å². The number of methoxy groups -OCH3 is 1. The van der Waals surface area contributed by atoms with Crippen LogP contribution in [0.4, 0.5) is 10.5 Å². The summed E-state index contributed by atoms with van der Waals surface area (Å²) in [4.78, 5) is 24.1. The van der Waals surface area contributed by atoms with Crippen molar-refractivity contribution in [2.75, 3.05) is 12.4 Å². The van der Waals surface area contributed by atoms with Crippen LogP contribution in [0, 0.1) is 0 Å². The molecule has 9 heteroatoms. The highest BCUT2D eigenvalue weighted by atomic mass is 35.5. The number of nitrogens with zero attached hydrogens (tertiary/aromatic N) is 2. The maximum Gasteiger partial charge on any atom is 0.339 e. The molecule has 0 saturated heterocycles. The summed E-state index contributed by atoms with van der Waals surface area (Å²) < 4.78 is 6.44. The van der Waals surface area contributed by atoms with Gasteiger partial charge in [-0.3, -0.25) is 0 Å². The fourth-order valence-corrected chi connectivity index (χ4v) is 3.40. The first kappa shape index (κ1) is 23.6. The third-order valence-corrected chi connectivity index (χ3v) is 5.21. The van der Waals surface area contributed by atoms with Crippen molar-refractivity contribution in [3.05, 3.63) is 75.5 Å². The number of anilines is 1. The number of amides is 2. The quantitative estimate of drug-likeness (QED) is 0.472. The lowest BCUT2D eigenvalue weighted by Gasteiger charge is -2.14. The summed E-state index contributed by atoms with van der Waals surface area (Å²) in [6.07, 6.45) is 0. The first-order valence-corrected chi connectivity index (χ1v) is 10.6. The highest BCUT2D eigenvalue weighted by Crippen LogP contribution is 2.25. The van der Waals surface area contributed by atoms with Crippen molar-refractivity contribution in [3.8, 4) is 5.69 Å². The number of rotatable bonds is 5. The summed E-state index contributed by atoms with van der Waals surface area (Å²) in [6, 6.07) is 13.4. The molecule has 0 unspecified atom stereocenters. The number of hydrogen-bond donors (Lipinski definition) is 2. The van der Waals surface area contributed by atoms with Gasteiger partial charge in [-0.15, -0.1) is 0 Å². The van der Waals surface area contributed by atoms with Crippen molar-refractivity contribution in [2.24, 2.45) is 0 Å². The Kier molecular flexibility index (Phi) is 7.11. The molecule has 0 aliphatic rings. The lowest BCUT2D eigenvalue weighted by Crippen LogP contribution is -2.29. The van der Waals surface area contributed by atoms with E-state index < -0.39 is 12.0 Å². The Bertz CT molecular complexity index is 1150. The summed E-state index contributed by atoms with van der Waals surface area (Å²) in [6.45, 7) is 6.45. The molecule has 1 aromatic heterocycles. The number of nitrogens with one attached hydrogen (secondary N) is 2. The van der Waals surface area contributed by atoms with Crippen molar-refractivity contribution in [1.82, 2.24) is 15.1 Å². The monoisotopic (exact) mass is 474 g/mol. The molecule has 2 amide bonds. The van der Waals surface area contributed by atoms with Gasteiger partial charge < -0.3 is 15.4 Å². The number of halogens is 2. The van der Waals surface area contributed by atoms with Crippen molar-refractivity contribution in [2.45, 2.75) is 32.7 Å². The predicted molar refractivity (Wildman–Crippen MR) is 126 cm³/mol. The number of carbonyl (C=O) groups is 2. The zero-order valence-electron chi connectivity index (χ0n) is 18.2. The van der Waals surface area contributed by atoms with Crippen LogP contribution in [0.5, 0.6) is 0 Å². The number of ether oxygens (including phenoxy) is 1. The van der Waals surface area contributed by atoms with Gasteiger partial charge in [0, 0.05) is 16.1 Å². The van der Waals surface area contributed by atoms with E-state index in [1.165, 1.54) is 19.2 Å². The highest BCUT2D eigenvalue weighted by Gasteiger charge is 2.21. The first-order chi connectivity index (χ1) is 15.1. The van der Waals surface area contributed by atoms with Gasteiger partial charge in [-0.05, 0) is 42.5 Å². The molecule has 3 rings (SSSR count). The van der Waals surface area contributed by atoms with Gasteiger partial charge in [0.1, 0.15) is 0 Å². The zero-order valence-corrected chi connectivity index (χ0v) is 19.7. The lowest BCUT2D eigenvalue weighted by molar-refractivity contribution is 0.0601. The normalized spacial score (nSPS) is 11.2. The summed E-state index contributed by atoms with van der Waals surface area (Å²) >= 11 is 12.3. The van der Waals surface area contributed by atoms with Crippen LogP contribution < -0.4 is 10.6 Å². The van der Waals surface area contributed by atoms with Crippen LogP contribution >= 0.6 is 23.2 Å². The molecule has 0 aliphatic heterocycles. The maximum absolute atomic E-state index is 12.5. The van der Waals surface area contributed by atoms with Crippen molar-refractivity contribution in [3.63, 3.8) is 0 Å². The number of aromatic nitrogens is 2. The Morgan fingerprint density at radius 1 is 1.09 bits per heavy atom. The Labute approximate surface area is 196 Å². The fraction of sp³-hybridized carbons (Fsp3) is 0.261. The highest BCUT2D eigenvalue weighted by molar-refractivity contribution is 6.34. The van der Waals surface area contributed by atoms with Gasteiger partial charge in [0.25, 0.3) is 0 Å². The van der Waals surface area contributed by atoms with Crippen LogP contribution in [0.1, 0.15) is 42.5 Å². The maximum atomic E-state index is 12.5. The molecular formula is C23H24Cl2N4O3. The van der Waals surface area contributed by atoms with E-state index in [9.17, 15) is 9.59 Å². The number of benzene rings is 2. The molecule has 3 aromatic rings. The largest absolute Gasteiger partial charge is 0.465 e. The molecule has 0 aliphatic carbocycles. The molecule has 32 heavy (non-hydrogen) atoms. The van der Waals surface area contributed by atoms with E-state index in [0.717, 1.165) is 17.1 Å².